The van der Waals surface area contributed by atoms with Gasteiger partial charge in [-0.05, 0) is 48.5 Å². The molecule has 1 aliphatic heterocycles. The number of anilines is 3. The number of aromatic nitrogens is 1. The van der Waals surface area contributed by atoms with E-state index in [0.717, 1.165) is 0 Å². The van der Waals surface area contributed by atoms with Gasteiger partial charge in [0.1, 0.15) is 23.0 Å². The molecule has 1 aliphatic rings. The van der Waals surface area contributed by atoms with Gasteiger partial charge in [-0.15, -0.1) is 0 Å². The zero-order chi connectivity index (χ0) is 19.7. The number of aliphatic hydroxyl groups excluding tert-OH is 2. The second-order valence-corrected chi connectivity index (χ2v) is 6.18. The summed E-state index contributed by atoms with van der Waals surface area (Å²) in [5.41, 5.74) is 1.03. The Morgan fingerprint density at radius 2 is 1.75 bits per heavy atom. The van der Waals surface area contributed by atoms with Crippen molar-refractivity contribution in [3.63, 3.8) is 0 Å². The third kappa shape index (κ3) is 3.08. The number of amides is 1. The summed E-state index contributed by atoms with van der Waals surface area (Å²) in [4.78, 5) is 18.6. The Morgan fingerprint density at radius 3 is 2.46 bits per heavy atom. The summed E-state index contributed by atoms with van der Waals surface area (Å²) in [5, 5.41) is 24.2. The van der Waals surface area contributed by atoms with E-state index in [0.29, 0.717) is 22.8 Å². The number of pyridine rings is 1. The van der Waals surface area contributed by atoms with Crippen LogP contribution in [0.5, 0.6) is 0 Å². The summed E-state index contributed by atoms with van der Waals surface area (Å²) < 4.78 is 13.1. The lowest BCUT2D eigenvalue weighted by atomic mass is 10.00. The van der Waals surface area contributed by atoms with Gasteiger partial charge in [0, 0.05) is 17.6 Å². The summed E-state index contributed by atoms with van der Waals surface area (Å²) in [7, 11) is 0. The molecule has 2 heterocycles. The van der Waals surface area contributed by atoms with Crippen LogP contribution in [0.15, 0.2) is 78.5 Å². The maximum Gasteiger partial charge on any atom is 0.259 e. The molecule has 0 saturated carbocycles. The summed E-state index contributed by atoms with van der Waals surface area (Å²) in [6.45, 7) is 0. The highest BCUT2D eigenvalue weighted by molar-refractivity contribution is 6.10. The van der Waals surface area contributed by atoms with Gasteiger partial charge in [-0.3, -0.25) is 9.69 Å². The number of para-hydroxylation sites is 1. The molecule has 4 rings (SSSR count). The first kappa shape index (κ1) is 17.7. The maximum atomic E-state index is 13.1. The first-order valence-corrected chi connectivity index (χ1v) is 8.54. The van der Waals surface area contributed by atoms with Gasteiger partial charge in [0.05, 0.1) is 5.56 Å². The number of aliphatic hydroxyl groups is 2. The van der Waals surface area contributed by atoms with Gasteiger partial charge >= 0.3 is 0 Å². The number of carbonyl (C=O) groups is 1. The Labute approximate surface area is 160 Å². The molecule has 0 saturated heterocycles. The van der Waals surface area contributed by atoms with Gasteiger partial charge in [-0.2, -0.15) is 0 Å². The minimum atomic E-state index is -1.47. The fourth-order valence-corrected chi connectivity index (χ4v) is 3.09. The van der Waals surface area contributed by atoms with E-state index in [1.165, 1.54) is 29.2 Å². The third-order valence-electron chi connectivity index (χ3n) is 4.41. The molecular weight excluding hydrogens is 361 g/mol. The van der Waals surface area contributed by atoms with Crippen molar-refractivity contribution in [2.24, 2.45) is 0 Å². The lowest BCUT2D eigenvalue weighted by Crippen LogP contribution is -2.41. The first-order chi connectivity index (χ1) is 13.6. The van der Waals surface area contributed by atoms with Crippen LogP contribution in [0.2, 0.25) is 0 Å². The van der Waals surface area contributed by atoms with Gasteiger partial charge in [-0.25, -0.2) is 9.37 Å². The molecule has 6 nitrogen and oxygen atoms in total. The lowest BCUT2D eigenvalue weighted by molar-refractivity contribution is -0.113. The molecular formula is C21H16FN3O3. The van der Waals surface area contributed by atoms with Gasteiger partial charge in [0.2, 0.25) is 0 Å². The van der Waals surface area contributed by atoms with Crippen molar-refractivity contribution in [3.8, 4) is 0 Å². The number of fused-ring (bicyclic) bond motifs is 1. The van der Waals surface area contributed by atoms with E-state index in [1.54, 1.807) is 42.6 Å². The second-order valence-electron chi connectivity index (χ2n) is 6.18. The van der Waals surface area contributed by atoms with Gasteiger partial charge < -0.3 is 15.5 Å². The van der Waals surface area contributed by atoms with Gasteiger partial charge in [0.25, 0.3) is 5.91 Å². The molecule has 140 valence electrons. The van der Waals surface area contributed by atoms with Crippen LogP contribution in [0.3, 0.4) is 0 Å². The van der Waals surface area contributed by atoms with Crippen LogP contribution in [0.1, 0.15) is 5.56 Å². The standard InChI is InChI=1S/C21H16FN3O3/c22-13-8-10-14(11-9-13)24-20(27)17-18(26)16-7-4-12-23-19(16)25(21(17)28)15-5-2-1-3-6-15/h1-12,21,26,28H,(H,24,27). The highest BCUT2D eigenvalue weighted by Crippen LogP contribution is 2.39. The SMILES string of the molecule is O=C(Nc1ccc(F)cc1)C1=C(O)c2cccnc2N(c2ccccc2)C1O. The fourth-order valence-electron chi connectivity index (χ4n) is 3.09. The Balaban J connectivity index is 1.78. The molecule has 1 amide bonds. The monoisotopic (exact) mass is 377 g/mol. The van der Waals surface area contributed by atoms with Crippen LogP contribution in [0, 0.1) is 5.82 Å². The predicted molar refractivity (Wildman–Crippen MR) is 103 cm³/mol. The first-order valence-electron chi connectivity index (χ1n) is 8.54. The average molecular weight is 377 g/mol. The predicted octanol–water partition coefficient (Wildman–Crippen LogP) is 3.60. The molecule has 0 fully saturated rings. The summed E-state index contributed by atoms with van der Waals surface area (Å²) in [6, 6.07) is 17.4. The van der Waals surface area contributed by atoms with E-state index in [9.17, 15) is 19.4 Å². The highest BCUT2D eigenvalue weighted by Gasteiger charge is 2.37. The quantitative estimate of drug-likeness (QED) is 0.649. The zero-order valence-electron chi connectivity index (χ0n) is 14.6. The van der Waals surface area contributed by atoms with Gasteiger partial charge in [0.15, 0.2) is 6.23 Å². The zero-order valence-corrected chi connectivity index (χ0v) is 14.6. The van der Waals surface area contributed by atoms with Crippen molar-refractivity contribution in [2.45, 2.75) is 6.23 Å². The van der Waals surface area contributed by atoms with Crippen molar-refractivity contribution >= 4 is 28.9 Å². The molecule has 28 heavy (non-hydrogen) atoms. The minimum absolute atomic E-state index is 0.228. The normalized spacial score (nSPS) is 15.9. The van der Waals surface area contributed by atoms with Crippen LogP contribution in [0.25, 0.3) is 5.76 Å². The summed E-state index contributed by atoms with van der Waals surface area (Å²) in [5.74, 6) is -1.17. The van der Waals surface area contributed by atoms with Crippen molar-refractivity contribution in [1.29, 1.82) is 0 Å². The summed E-state index contributed by atoms with van der Waals surface area (Å²) in [6.07, 6.45) is 0.0727. The molecule has 3 N–H and O–H groups in total. The molecule has 1 aromatic heterocycles. The third-order valence-corrected chi connectivity index (χ3v) is 4.41. The van der Waals surface area contributed by atoms with E-state index in [1.807, 2.05) is 6.07 Å². The van der Waals surface area contributed by atoms with Crippen LogP contribution < -0.4 is 10.2 Å². The summed E-state index contributed by atoms with van der Waals surface area (Å²) >= 11 is 0. The van der Waals surface area contributed by atoms with E-state index in [4.69, 9.17) is 0 Å². The Morgan fingerprint density at radius 1 is 1.04 bits per heavy atom. The maximum absolute atomic E-state index is 13.1. The van der Waals surface area contributed by atoms with E-state index >= 15 is 0 Å². The number of rotatable bonds is 3. The minimum Gasteiger partial charge on any atom is -0.507 e. The fraction of sp³-hybridized carbons (Fsp3) is 0.0476. The highest BCUT2D eigenvalue weighted by atomic mass is 19.1. The molecule has 1 atom stereocenters. The number of halogens is 1. The van der Waals surface area contributed by atoms with Crippen molar-refractivity contribution < 1.29 is 19.4 Å². The number of nitrogens with zero attached hydrogens (tertiary/aromatic N) is 2. The number of hydrogen-bond donors (Lipinski definition) is 3. The van der Waals surface area contributed by atoms with Crippen molar-refractivity contribution in [2.75, 3.05) is 10.2 Å². The Bertz CT molecular complexity index is 1050. The van der Waals surface area contributed by atoms with Crippen LogP contribution in [-0.2, 0) is 4.79 Å². The largest absolute Gasteiger partial charge is 0.507 e. The second kappa shape index (κ2) is 7.13. The Kier molecular flexibility index (Phi) is 4.50. The van der Waals surface area contributed by atoms with E-state index in [2.05, 4.69) is 10.3 Å². The number of nitrogens with one attached hydrogen (secondary N) is 1. The molecule has 0 bridgehead atoms. The van der Waals surface area contributed by atoms with Crippen LogP contribution >= 0.6 is 0 Å². The molecule has 3 aromatic rings. The molecule has 2 aromatic carbocycles. The average Bonchev–Trinajstić information content (AvgIpc) is 2.71. The number of carbonyl (C=O) groups excluding carboxylic acids is 1. The van der Waals surface area contributed by atoms with Gasteiger partial charge in [-0.1, -0.05) is 18.2 Å². The molecule has 1 unspecified atom stereocenters. The molecule has 0 aliphatic carbocycles. The molecule has 0 radical (unpaired) electrons. The topological polar surface area (TPSA) is 85.7 Å². The smallest absolute Gasteiger partial charge is 0.259 e. The number of benzene rings is 2. The van der Waals surface area contributed by atoms with Crippen molar-refractivity contribution in [3.05, 3.63) is 89.9 Å². The van der Waals surface area contributed by atoms with E-state index < -0.39 is 18.0 Å². The van der Waals surface area contributed by atoms with Crippen LogP contribution in [0.4, 0.5) is 21.6 Å². The number of hydrogen-bond acceptors (Lipinski definition) is 5. The Hall–Kier alpha value is -3.71. The van der Waals surface area contributed by atoms with Crippen LogP contribution in [-0.4, -0.2) is 27.3 Å². The molecule has 0 spiro atoms. The van der Waals surface area contributed by atoms with Crippen molar-refractivity contribution in [1.82, 2.24) is 4.98 Å². The molecule has 7 heteroatoms. The van der Waals surface area contributed by atoms with E-state index in [-0.39, 0.29) is 11.3 Å². The lowest BCUT2D eigenvalue weighted by Gasteiger charge is -2.35.